The maximum Gasteiger partial charge on any atom is 0.225 e. The molecule has 1 aromatic carbocycles. The molecule has 134 valence electrons. The molecule has 1 aromatic rings. The molecule has 0 aromatic heterocycles. The zero-order valence-electron chi connectivity index (χ0n) is 15.7. The van der Waals surface area contributed by atoms with Crippen LogP contribution < -0.4 is 10.1 Å². The van der Waals surface area contributed by atoms with Gasteiger partial charge in [0.1, 0.15) is 12.4 Å². The van der Waals surface area contributed by atoms with Crippen molar-refractivity contribution in [1.82, 2.24) is 10.2 Å². The van der Waals surface area contributed by atoms with E-state index in [-0.39, 0.29) is 11.8 Å². The summed E-state index contributed by atoms with van der Waals surface area (Å²) in [6.07, 6.45) is 0.294. The highest BCUT2D eigenvalue weighted by Crippen LogP contribution is 2.16. The summed E-state index contributed by atoms with van der Waals surface area (Å²) >= 11 is 0. The van der Waals surface area contributed by atoms with Gasteiger partial charge in [-0.05, 0) is 37.1 Å². The average Bonchev–Trinajstić information content (AvgIpc) is 2.44. The van der Waals surface area contributed by atoms with Crippen molar-refractivity contribution in [2.45, 2.75) is 41.0 Å². The van der Waals surface area contributed by atoms with E-state index in [2.05, 4.69) is 11.4 Å². The predicted molar refractivity (Wildman–Crippen MR) is 96.1 cm³/mol. The minimum Gasteiger partial charge on any atom is -0.492 e. The topological polar surface area (TPSA) is 58.6 Å². The van der Waals surface area contributed by atoms with Gasteiger partial charge in [-0.15, -0.1) is 0 Å². The van der Waals surface area contributed by atoms with Crippen LogP contribution in [0.25, 0.3) is 0 Å². The van der Waals surface area contributed by atoms with Crippen molar-refractivity contribution >= 4 is 11.8 Å². The van der Waals surface area contributed by atoms with Crippen LogP contribution in [0.15, 0.2) is 18.2 Å². The van der Waals surface area contributed by atoms with Gasteiger partial charge in [0.2, 0.25) is 11.8 Å². The average molecular weight is 334 g/mol. The highest BCUT2D eigenvalue weighted by atomic mass is 16.5. The summed E-state index contributed by atoms with van der Waals surface area (Å²) < 4.78 is 5.71. The summed E-state index contributed by atoms with van der Waals surface area (Å²) in [5.41, 5.74) is 1.88. The predicted octanol–water partition coefficient (Wildman–Crippen LogP) is 2.69. The smallest absolute Gasteiger partial charge is 0.225 e. The number of nitrogens with one attached hydrogen (secondary N) is 1. The van der Waals surface area contributed by atoms with E-state index in [1.54, 1.807) is 11.9 Å². The molecule has 0 bridgehead atoms. The van der Waals surface area contributed by atoms with Crippen molar-refractivity contribution in [2.75, 3.05) is 26.7 Å². The number of likely N-dealkylation sites (N-methyl/N-ethyl adjacent to an activating group) is 1. The summed E-state index contributed by atoms with van der Waals surface area (Å²) in [7, 11) is 1.75. The molecule has 0 saturated carbocycles. The van der Waals surface area contributed by atoms with Crippen molar-refractivity contribution in [1.29, 1.82) is 0 Å². The van der Waals surface area contributed by atoms with E-state index in [0.717, 1.165) is 16.9 Å². The van der Waals surface area contributed by atoms with Crippen molar-refractivity contribution in [3.05, 3.63) is 29.3 Å². The third-order valence-electron chi connectivity index (χ3n) is 3.62. The summed E-state index contributed by atoms with van der Waals surface area (Å²) in [5.74, 6) is 0.773. The number of hydrogen-bond donors (Lipinski definition) is 1. The van der Waals surface area contributed by atoms with Gasteiger partial charge in [0.15, 0.2) is 0 Å². The van der Waals surface area contributed by atoms with Crippen LogP contribution in [-0.2, 0) is 9.59 Å². The molecule has 0 spiro atoms. The molecule has 0 heterocycles. The minimum atomic E-state index is -0.436. The second-order valence-electron chi connectivity index (χ2n) is 7.24. The number of rotatable bonds is 7. The quantitative estimate of drug-likeness (QED) is 0.834. The van der Waals surface area contributed by atoms with Gasteiger partial charge in [-0.25, -0.2) is 0 Å². The third kappa shape index (κ3) is 7.02. The van der Waals surface area contributed by atoms with Gasteiger partial charge >= 0.3 is 0 Å². The summed E-state index contributed by atoms with van der Waals surface area (Å²) in [6.45, 7) is 10.9. The first-order valence-electron chi connectivity index (χ1n) is 8.33. The van der Waals surface area contributed by atoms with E-state index in [9.17, 15) is 9.59 Å². The first-order chi connectivity index (χ1) is 11.1. The molecule has 0 aliphatic carbocycles. The first-order valence-corrected chi connectivity index (χ1v) is 8.33. The van der Waals surface area contributed by atoms with Crippen LogP contribution in [0, 0.1) is 19.3 Å². The normalized spacial score (nSPS) is 11.1. The Morgan fingerprint density at radius 3 is 2.25 bits per heavy atom. The third-order valence-corrected chi connectivity index (χ3v) is 3.62. The molecule has 5 nitrogen and oxygen atoms in total. The Balaban J connectivity index is 2.30. The van der Waals surface area contributed by atoms with Gasteiger partial charge < -0.3 is 15.0 Å². The Labute approximate surface area is 145 Å². The fourth-order valence-corrected chi connectivity index (χ4v) is 2.18. The molecule has 5 heteroatoms. The summed E-state index contributed by atoms with van der Waals surface area (Å²) in [5, 5.41) is 2.79. The molecular formula is C19H30N2O3. The Hall–Kier alpha value is -2.04. The lowest BCUT2D eigenvalue weighted by atomic mass is 9.96. The van der Waals surface area contributed by atoms with E-state index >= 15 is 0 Å². The number of aryl methyl sites for hydroxylation is 2. The van der Waals surface area contributed by atoms with Crippen molar-refractivity contribution in [3.8, 4) is 5.75 Å². The van der Waals surface area contributed by atoms with Gasteiger partial charge in [0, 0.05) is 25.4 Å². The van der Waals surface area contributed by atoms with Gasteiger partial charge in [0.05, 0.1) is 6.54 Å². The molecule has 0 aliphatic heterocycles. The fourth-order valence-electron chi connectivity index (χ4n) is 2.18. The van der Waals surface area contributed by atoms with Gasteiger partial charge in [-0.3, -0.25) is 9.59 Å². The lowest BCUT2D eigenvalue weighted by molar-refractivity contribution is -0.131. The molecule has 1 rings (SSSR count). The molecule has 0 unspecified atom stereocenters. The molecule has 0 fully saturated rings. The molecule has 0 saturated heterocycles. The van der Waals surface area contributed by atoms with Crippen LogP contribution >= 0.6 is 0 Å². The fraction of sp³-hybridized carbons (Fsp3) is 0.579. The first kappa shape index (κ1) is 20.0. The molecule has 0 atom stereocenters. The largest absolute Gasteiger partial charge is 0.492 e. The lowest BCUT2D eigenvalue weighted by Crippen LogP contribution is -2.38. The highest BCUT2D eigenvalue weighted by Gasteiger charge is 2.20. The standard InChI is InChI=1S/C19H30N2O3/c1-14-11-15(2)13-16(12-14)24-10-9-21(6)17(22)7-8-20-18(23)19(3,4)5/h11-13H,7-10H2,1-6H3,(H,20,23). The maximum absolute atomic E-state index is 12.0. The van der Waals surface area contributed by atoms with E-state index in [0.29, 0.717) is 26.1 Å². The van der Waals surface area contributed by atoms with Crippen LogP contribution in [0.3, 0.4) is 0 Å². The van der Waals surface area contributed by atoms with Gasteiger partial charge in [-0.1, -0.05) is 26.8 Å². The van der Waals surface area contributed by atoms with Crippen LogP contribution in [0.5, 0.6) is 5.75 Å². The Bertz CT molecular complexity index is 556. The van der Waals surface area contributed by atoms with Crippen LogP contribution in [0.1, 0.15) is 38.3 Å². The Morgan fingerprint density at radius 2 is 1.71 bits per heavy atom. The monoisotopic (exact) mass is 334 g/mol. The molecular weight excluding hydrogens is 304 g/mol. The van der Waals surface area contributed by atoms with E-state index in [1.165, 1.54) is 0 Å². The van der Waals surface area contributed by atoms with Crippen LogP contribution in [0.4, 0.5) is 0 Å². The van der Waals surface area contributed by atoms with Crippen molar-refractivity contribution in [2.24, 2.45) is 5.41 Å². The van der Waals surface area contributed by atoms with Gasteiger partial charge in [0.25, 0.3) is 0 Å². The zero-order chi connectivity index (χ0) is 18.3. The molecule has 0 aliphatic rings. The maximum atomic E-state index is 12.0. The highest BCUT2D eigenvalue weighted by molar-refractivity contribution is 5.82. The molecule has 2 amide bonds. The Kier molecular flexibility index (Phi) is 7.26. The summed E-state index contributed by atoms with van der Waals surface area (Å²) in [6, 6.07) is 6.06. The number of carbonyl (C=O) groups is 2. The number of benzene rings is 1. The molecule has 24 heavy (non-hydrogen) atoms. The zero-order valence-corrected chi connectivity index (χ0v) is 15.7. The lowest BCUT2D eigenvalue weighted by Gasteiger charge is -2.20. The van der Waals surface area contributed by atoms with E-state index in [1.807, 2.05) is 46.8 Å². The number of nitrogens with zero attached hydrogens (tertiary/aromatic N) is 1. The van der Waals surface area contributed by atoms with E-state index in [4.69, 9.17) is 4.74 Å². The van der Waals surface area contributed by atoms with Crippen molar-refractivity contribution in [3.63, 3.8) is 0 Å². The summed E-state index contributed by atoms with van der Waals surface area (Å²) in [4.78, 5) is 25.4. The second kappa shape index (κ2) is 8.71. The number of ether oxygens (including phenoxy) is 1. The number of hydrogen-bond acceptors (Lipinski definition) is 3. The van der Waals surface area contributed by atoms with E-state index < -0.39 is 5.41 Å². The Morgan fingerprint density at radius 1 is 1.12 bits per heavy atom. The minimum absolute atomic E-state index is 0.00627. The SMILES string of the molecule is Cc1cc(C)cc(OCCN(C)C(=O)CCNC(=O)C(C)(C)C)c1. The van der Waals surface area contributed by atoms with Gasteiger partial charge in [-0.2, -0.15) is 0 Å². The van der Waals surface area contributed by atoms with Crippen molar-refractivity contribution < 1.29 is 14.3 Å². The second-order valence-corrected chi connectivity index (χ2v) is 7.24. The van der Waals surface area contributed by atoms with Crippen LogP contribution in [-0.4, -0.2) is 43.5 Å². The van der Waals surface area contributed by atoms with Crippen LogP contribution in [0.2, 0.25) is 0 Å². The number of amides is 2. The molecule has 0 radical (unpaired) electrons. The molecule has 1 N–H and O–H groups in total. The number of carbonyl (C=O) groups excluding carboxylic acids is 2.